The lowest BCUT2D eigenvalue weighted by Crippen LogP contribution is -2.28. The smallest absolute Gasteiger partial charge is 0.276 e. The molecule has 33 heteroatoms. The summed E-state index contributed by atoms with van der Waals surface area (Å²) >= 11 is 3.14. The maximum Gasteiger partial charge on any atom is 0.276 e. The van der Waals surface area contributed by atoms with Gasteiger partial charge in [0.1, 0.15) is 53.1 Å². The van der Waals surface area contributed by atoms with Gasteiger partial charge >= 0.3 is 0 Å². The Hall–Kier alpha value is -9.27. The number of rotatable bonds is 12. The lowest BCUT2D eigenvalue weighted by atomic mass is 10.0. The highest BCUT2D eigenvalue weighted by atomic mass is 32.1. The molecule has 0 spiro atoms. The number of aromatic nitrogens is 29. The summed E-state index contributed by atoms with van der Waals surface area (Å²) in [6, 6.07) is 1.36. The van der Waals surface area contributed by atoms with Gasteiger partial charge in [-0.3, -0.25) is 9.36 Å². The number of tetrazole rings is 2. The molecule has 0 aromatic carbocycles. The lowest BCUT2D eigenvalue weighted by Gasteiger charge is -2.10. The van der Waals surface area contributed by atoms with E-state index >= 15 is 0 Å². The third-order valence-electron chi connectivity index (χ3n) is 17.7. The SMILES string of the molecule is CC(C)c1nncn1C.CC(C)c1nnnn1C.Cc1cnc(C)n1C(C)C.Cc1cnn(C)c1C(C)C.Cc1ncn(C)c1C(C)C.Cc1nnc(C)n1C(C)C.Cc1nnn(C)c1C(C)C.Cc1nnnn1C(C)C.Cc1nocc1C(C)C.Cc1nonc1C(C)C.Cc1ns[n+](C)c1C(C)C.Cc1nsc(C)c1C(C)C. The molecule has 0 unspecified atom stereocenters. The Morgan fingerprint density at radius 2 is 0.965 bits per heavy atom. The predicted molar refractivity (Wildman–Crippen MR) is 463 cm³/mol. The Labute approximate surface area is 696 Å². The van der Waals surface area contributed by atoms with Crippen LogP contribution < -0.4 is 3.96 Å². The fourth-order valence-corrected chi connectivity index (χ4v) is 14.6. The van der Waals surface area contributed by atoms with Gasteiger partial charge in [-0.05, 0) is 198 Å². The number of aryl methyl sites for hydroxylation is 19. The fraction of sp³-hybridized carbons (Fsp3) is 0.671. The van der Waals surface area contributed by atoms with Crippen molar-refractivity contribution < 1.29 is 13.1 Å². The van der Waals surface area contributed by atoms with Gasteiger partial charge in [0.05, 0.1) is 54.1 Å². The average Bonchev–Trinajstić information content (AvgIpc) is 1.73. The van der Waals surface area contributed by atoms with Crippen LogP contribution in [0, 0.1) is 90.0 Å². The summed E-state index contributed by atoms with van der Waals surface area (Å²) in [6.45, 7) is 77.4. The number of hydrogen-bond donors (Lipinski definition) is 0. The van der Waals surface area contributed by atoms with E-state index in [1.165, 1.54) is 73.2 Å². The van der Waals surface area contributed by atoms with E-state index in [1.54, 1.807) is 33.5 Å². The first kappa shape index (κ1) is 104. The Bertz CT molecular complexity index is 3710. The van der Waals surface area contributed by atoms with Crippen LogP contribution in [0.3, 0.4) is 0 Å². The summed E-state index contributed by atoms with van der Waals surface area (Å²) in [7, 11) is 11.8. The second kappa shape index (κ2) is 50.9. The second-order valence-corrected chi connectivity index (χ2v) is 34.0. The molecule has 0 saturated heterocycles. The van der Waals surface area contributed by atoms with Gasteiger partial charge in [0.15, 0.2) is 11.5 Å². The Morgan fingerprint density at radius 1 is 0.400 bits per heavy atom. The van der Waals surface area contributed by atoms with E-state index in [0.29, 0.717) is 71.4 Å². The minimum atomic E-state index is 0.361. The predicted octanol–water partition coefficient (Wildman–Crippen LogP) is 18.2. The molecule has 642 valence electrons. The van der Waals surface area contributed by atoms with Crippen molar-refractivity contribution in [2.24, 2.45) is 42.3 Å². The second-order valence-electron chi connectivity index (χ2n) is 32.1. The van der Waals surface area contributed by atoms with Crippen LogP contribution in [-0.4, -0.2) is 138 Å². The van der Waals surface area contributed by atoms with Crippen LogP contribution in [-0.2, 0) is 42.3 Å². The molecule has 0 aliphatic rings. The Balaban J connectivity index is 0.000000627. The molecule has 31 nitrogen and oxygen atoms in total. The van der Waals surface area contributed by atoms with Crippen molar-refractivity contribution in [2.75, 3.05) is 0 Å². The summed E-state index contributed by atoms with van der Waals surface area (Å²) in [5.74, 6) is 10.6. The van der Waals surface area contributed by atoms with E-state index < -0.39 is 0 Å². The van der Waals surface area contributed by atoms with E-state index in [0.717, 1.165) is 63.4 Å². The molecule has 0 bridgehead atoms. The molecule has 0 fully saturated rings. The van der Waals surface area contributed by atoms with Gasteiger partial charge in [0, 0.05) is 116 Å². The van der Waals surface area contributed by atoms with E-state index in [9.17, 15) is 0 Å². The summed E-state index contributed by atoms with van der Waals surface area (Å²) in [5.41, 5.74) is 17.8. The van der Waals surface area contributed by atoms with E-state index in [2.05, 4.69) is 324 Å². The first-order valence-corrected chi connectivity index (χ1v) is 41.4. The standard InChI is InChI=1S/3C8H14N2.C8H13NS.2C7H13N3.C7H13N2S.C7H11NO.C6H11N3.C6H10N2O.2C5H10N4/c1-6(2)8-7(3)9-5-10(8)4;1-6(2)8-7(3)5-9-10(8)4;1-6(2)10-7(3)5-9-8(10)4;1-5(2)8-6(3)9-10-7(8)4;1-5(2)7-6(3)8-9-10(7)4;1-5(2)10-6(3)8-9-7(10)4;1-5(2)7-6(3)8-10-9(7)4;1-5(2)7-4-9-8-6(7)3;1-5(2)6-8-7-4-9(6)3;1-4(2)6-5(3)7-9-8-6;1-4(2)5-6-7-8-9(5)3;1-4(2)9-5(3)6-7-8-9/h3*5-6H,1-4H3;4*5H,1-4H3;2*4-5H,1-3H3;3*4H,1-3H3/q;;;;;;+1;;;;;. The summed E-state index contributed by atoms with van der Waals surface area (Å²) in [5, 5.41) is 60.8. The minimum Gasteiger partial charge on any atom is -0.364 e. The van der Waals surface area contributed by atoms with Crippen molar-refractivity contribution in [1.82, 2.24) is 138 Å². The maximum absolute atomic E-state index is 4.76. The third-order valence-corrected chi connectivity index (χ3v) is 19.4. The Kier molecular flexibility index (Phi) is 46.0. The zero-order valence-corrected chi connectivity index (χ0v) is 80.1. The Morgan fingerprint density at radius 3 is 1.17 bits per heavy atom. The summed E-state index contributed by atoms with van der Waals surface area (Å²) in [6.07, 6.45) is 9.12. The third kappa shape index (κ3) is 34.2. The molecule has 12 aromatic rings. The molecule has 12 aromatic heterocycles. The zero-order chi connectivity index (χ0) is 88.3. The first-order valence-electron chi connectivity index (χ1n) is 39.9. The van der Waals surface area contributed by atoms with Crippen molar-refractivity contribution in [2.45, 2.75) is 328 Å². The molecular weight excluding hydrogens is 1490 g/mol. The van der Waals surface area contributed by atoms with E-state index in [4.69, 9.17) is 4.52 Å². The van der Waals surface area contributed by atoms with Crippen LogP contribution >= 0.6 is 23.3 Å². The van der Waals surface area contributed by atoms with Crippen LogP contribution in [0.15, 0.2) is 40.5 Å². The normalized spacial score (nSPS) is 10.8. The van der Waals surface area contributed by atoms with Crippen molar-refractivity contribution in [3.05, 3.63) is 156 Å². The van der Waals surface area contributed by atoms with Gasteiger partial charge in [-0.15, -0.1) is 35.7 Å². The highest BCUT2D eigenvalue weighted by molar-refractivity contribution is 7.05. The van der Waals surface area contributed by atoms with Gasteiger partial charge in [0.25, 0.3) is 11.7 Å². The lowest BCUT2D eigenvalue weighted by molar-refractivity contribution is -0.610. The topological polar surface area (TPSA) is 327 Å². The highest BCUT2D eigenvalue weighted by Crippen LogP contribution is 2.26. The van der Waals surface area contributed by atoms with Gasteiger partial charge in [-0.25, -0.2) is 24.0 Å². The number of hydrogen-bond acceptors (Lipinski definition) is 24. The molecule has 0 N–H and O–H groups in total. The summed E-state index contributed by atoms with van der Waals surface area (Å²) < 4.78 is 35.5. The minimum absolute atomic E-state index is 0.361. The molecular formula is C82H146N29O2S2+. The molecule has 0 atom stereocenters. The van der Waals surface area contributed by atoms with Crippen molar-refractivity contribution in [3.63, 3.8) is 0 Å². The largest absolute Gasteiger partial charge is 0.364 e. The molecule has 115 heavy (non-hydrogen) atoms. The average molecular weight is 1630 g/mol. The molecule has 0 aliphatic carbocycles. The molecule has 0 radical (unpaired) electrons. The zero-order valence-electron chi connectivity index (χ0n) is 78.4. The molecule has 0 aliphatic heterocycles. The van der Waals surface area contributed by atoms with Gasteiger partial charge in [-0.1, -0.05) is 145 Å². The quantitative estimate of drug-likeness (QED) is 0.103. The van der Waals surface area contributed by atoms with Crippen molar-refractivity contribution in [3.8, 4) is 0 Å². The maximum atomic E-state index is 4.76. The van der Waals surface area contributed by atoms with Crippen molar-refractivity contribution >= 4 is 23.3 Å². The molecule has 12 rings (SSSR count). The van der Waals surface area contributed by atoms with Crippen LogP contribution in [0.2, 0.25) is 0 Å². The van der Waals surface area contributed by atoms with Gasteiger partial charge in [-0.2, -0.15) is 13.4 Å². The van der Waals surface area contributed by atoms with Crippen LogP contribution in [0.25, 0.3) is 0 Å². The number of imidazole rings is 2. The fourth-order valence-electron chi connectivity index (χ4n) is 13.0. The molecule has 0 saturated carbocycles. The van der Waals surface area contributed by atoms with E-state index in [1.807, 2.05) is 130 Å². The first-order chi connectivity index (χ1) is 53.5. The molecule has 12 heterocycles. The monoisotopic (exact) mass is 1630 g/mol. The van der Waals surface area contributed by atoms with Crippen LogP contribution in [0.4, 0.5) is 0 Å². The van der Waals surface area contributed by atoms with E-state index in [-0.39, 0.29) is 0 Å². The number of nitrogens with zero attached hydrogens (tertiary/aromatic N) is 29. The highest BCUT2D eigenvalue weighted by Gasteiger charge is 2.19. The van der Waals surface area contributed by atoms with Crippen LogP contribution in [0.1, 0.15) is 362 Å². The van der Waals surface area contributed by atoms with Crippen LogP contribution in [0.5, 0.6) is 0 Å². The van der Waals surface area contributed by atoms with Gasteiger partial charge in [0.2, 0.25) is 5.69 Å². The van der Waals surface area contributed by atoms with Gasteiger partial charge < -0.3 is 22.8 Å². The van der Waals surface area contributed by atoms with Crippen molar-refractivity contribution in [1.29, 1.82) is 0 Å². The molecule has 0 amide bonds. The summed E-state index contributed by atoms with van der Waals surface area (Å²) in [4.78, 5) is 9.77.